The molecule has 1 fully saturated rings. The number of nitriles is 1. The molecule has 12 heteroatoms. The molecule has 2 aromatic heterocycles. The summed E-state index contributed by atoms with van der Waals surface area (Å²) in [6.45, 7) is 0.631. The average Bonchev–Trinajstić information content (AvgIpc) is 3.28. The van der Waals surface area contributed by atoms with Gasteiger partial charge in [-0.15, -0.1) is 5.10 Å². The number of H-pyrrole nitrogens is 1. The number of aromatic amines is 1. The van der Waals surface area contributed by atoms with Crippen molar-refractivity contribution in [1.82, 2.24) is 29.3 Å². The van der Waals surface area contributed by atoms with E-state index in [1.54, 1.807) is 24.3 Å². The molecule has 0 spiro atoms. The fourth-order valence-corrected chi connectivity index (χ4v) is 5.78. The molecule has 5 rings (SSSR count). The molecule has 0 amide bonds. The van der Waals surface area contributed by atoms with Crippen molar-refractivity contribution >= 4 is 21.2 Å². The van der Waals surface area contributed by atoms with Crippen molar-refractivity contribution in [3.05, 3.63) is 81.7 Å². The monoisotopic (exact) mass is 493 g/mol. The summed E-state index contributed by atoms with van der Waals surface area (Å²) in [6, 6.07) is 13.9. The molecule has 178 valence electrons. The molecule has 0 bridgehead atoms. The SMILES string of the molecule is N#Cc1ccccc1Cn1nnc2c(=O)[nH]c([C@H]3CCCN(S(=O)(=O)c4ccc(F)cc4)C3)nc21. The van der Waals surface area contributed by atoms with Crippen molar-refractivity contribution in [2.45, 2.75) is 30.2 Å². The van der Waals surface area contributed by atoms with Gasteiger partial charge >= 0.3 is 0 Å². The first-order valence-electron chi connectivity index (χ1n) is 10.9. The zero-order chi connectivity index (χ0) is 24.6. The molecule has 0 radical (unpaired) electrons. The van der Waals surface area contributed by atoms with Crippen LogP contribution in [0.4, 0.5) is 4.39 Å². The van der Waals surface area contributed by atoms with Crippen LogP contribution in [0.3, 0.4) is 0 Å². The highest BCUT2D eigenvalue weighted by molar-refractivity contribution is 7.89. The zero-order valence-corrected chi connectivity index (χ0v) is 19.2. The summed E-state index contributed by atoms with van der Waals surface area (Å²) in [5.74, 6) is -0.525. The van der Waals surface area contributed by atoms with Crippen molar-refractivity contribution in [1.29, 1.82) is 5.26 Å². The van der Waals surface area contributed by atoms with Crippen molar-refractivity contribution in [2.75, 3.05) is 13.1 Å². The zero-order valence-electron chi connectivity index (χ0n) is 18.4. The predicted molar refractivity (Wildman–Crippen MR) is 123 cm³/mol. The van der Waals surface area contributed by atoms with Gasteiger partial charge < -0.3 is 4.98 Å². The molecule has 3 heterocycles. The van der Waals surface area contributed by atoms with Crippen LogP contribution >= 0.6 is 0 Å². The predicted octanol–water partition coefficient (Wildman–Crippen LogP) is 2.14. The van der Waals surface area contributed by atoms with E-state index in [9.17, 15) is 22.9 Å². The molecule has 35 heavy (non-hydrogen) atoms. The molecule has 1 aliphatic rings. The second-order valence-electron chi connectivity index (χ2n) is 8.30. The lowest BCUT2D eigenvalue weighted by atomic mass is 9.99. The van der Waals surface area contributed by atoms with Crippen LogP contribution in [0.25, 0.3) is 11.2 Å². The number of fused-ring (bicyclic) bond motifs is 1. The lowest BCUT2D eigenvalue weighted by Gasteiger charge is -2.31. The van der Waals surface area contributed by atoms with Gasteiger partial charge in [0.05, 0.1) is 23.1 Å². The average molecular weight is 494 g/mol. The maximum atomic E-state index is 13.3. The number of piperidine rings is 1. The van der Waals surface area contributed by atoms with Gasteiger partial charge in [0, 0.05) is 19.0 Å². The Morgan fingerprint density at radius 3 is 2.71 bits per heavy atom. The summed E-state index contributed by atoms with van der Waals surface area (Å²) in [5, 5.41) is 17.4. The summed E-state index contributed by atoms with van der Waals surface area (Å²) in [5.41, 5.74) is 1.04. The largest absolute Gasteiger partial charge is 0.308 e. The Morgan fingerprint density at radius 2 is 1.94 bits per heavy atom. The van der Waals surface area contributed by atoms with E-state index in [2.05, 4.69) is 26.3 Å². The number of rotatable bonds is 5. The number of benzene rings is 2. The maximum absolute atomic E-state index is 13.3. The molecule has 4 aromatic rings. The van der Waals surface area contributed by atoms with Crippen LogP contribution in [0.2, 0.25) is 0 Å². The van der Waals surface area contributed by atoms with E-state index in [4.69, 9.17) is 0 Å². The summed E-state index contributed by atoms with van der Waals surface area (Å²) in [6.07, 6.45) is 1.20. The highest BCUT2D eigenvalue weighted by Gasteiger charge is 2.32. The molecule has 1 atom stereocenters. The summed E-state index contributed by atoms with van der Waals surface area (Å²) < 4.78 is 42.2. The Balaban J connectivity index is 1.47. The highest BCUT2D eigenvalue weighted by Crippen LogP contribution is 2.29. The Bertz CT molecular complexity index is 1610. The van der Waals surface area contributed by atoms with E-state index in [1.165, 1.54) is 21.1 Å². The molecular weight excluding hydrogens is 473 g/mol. The number of hydrogen-bond donors (Lipinski definition) is 1. The van der Waals surface area contributed by atoms with Crippen molar-refractivity contribution < 1.29 is 12.8 Å². The number of sulfonamides is 1. The molecule has 10 nitrogen and oxygen atoms in total. The third kappa shape index (κ3) is 4.31. The quantitative estimate of drug-likeness (QED) is 0.450. The van der Waals surface area contributed by atoms with Crippen molar-refractivity contribution in [3.8, 4) is 6.07 Å². The van der Waals surface area contributed by atoms with Gasteiger partial charge in [-0.05, 0) is 48.7 Å². The van der Waals surface area contributed by atoms with E-state index in [-0.39, 0.29) is 35.1 Å². The van der Waals surface area contributed by atoms with Crippen LogP contribution in [0, 0.1) is 17.1 Å². The van der Waals surface area contributed by atoms with Crippen LogP contribution in [-0.2, 0) is 16.6 Å². The highest BCUT2D eigenvalue weighted by atomic mass is 32.2. The normalized spacial score (nSPS) is 16.9. The number of aromatic nitrogens is 5. The molecule has 0 aliphatic carbocycles. The molecule has 1 aliphatic heterocycles. The minimum absolute atomic E-state index is 0.00916. The first kappa shape index (κ1) is 22.8. The van der Waals surface area contributed by atoms with E-state index >= 15 is 0 Å². The third-order valence-corrected chi connectivity index (χ3v) is 7.95. The minimum atomic E-state index is -3.83. The number of nitrogens with one attached hydrogen (secondary N) is 1. The Morgan fingerprint density at radius 1 is 1.17 bits per heavy atom. The maximum Gasteiger partial charge on any atom is 0.281 e. The smallest absolute Gasteiger partial charge is 0.281 e. The van der Waals surface area contributed by atoms with Gasteiger partial charge in [-0.25, -0.2) is 22.5 Å². The lowest BCUT2D eigenvalue weighted by Crippen LogP contribution is -2.39. The standard InChI is InChI=1S/C23H20FN7O3S/c24-18-7-9-19(10-8-18)35(33,34)30-11-3-6-17(13-30)21-26-22-20(23(32)27-21)28-29-31(22)14-16-5-2-1-4-15(16)12-25/h1-2,4-5,7-10,17H,3,6,11,13-14H2,(H,26,27,32)/t17-/m0/s1. The van der Waals surface area contributed by atoms with Crippen LogP contribution in [0.15, 0.2) is 58.2 Å². The first-order valence-corrected chi connectivity index (χ1v) is 12.4. The van der Waals surface area contributed by atoms with Gasteiger partial charge in [-0.3, -0.25) is 4.79 Å². The summed E-state index contributed by atoms with van der Waals surface area (Å²) in [7, 11) is -3.83. The Labute approximate surface area is 199 Å². The van der Waals surface area contributed by atoms with Crippen molar-refractivity contribution in [2.24, 2.45) is 0 Å². The summed E-state index contributed by atoms with van der Waals surface area (Å²) in [4.78, 5) is 20.1. The molecule has 0 saturated carbocycles. The molecular formula is C23H20FN7O3S. The van der Waals surface area contributed by atoms with Gasteiger partial charge in [0.15, 0.2) is 11.2 Å². The number of nitrogens with zero attached hydrogens (tertiary/aromatic N) is 6. The fourth-order valence-electron chi connectivity index (χ4n) is 4.25. The van der Waals surface area contributed by atoms with E-state index < -0.39 is 21.4 Å². The van der Waals surface area contributed by atoms with Gasteiger partial charge in [0.1, 0.15) is 11.6 Å². The molecule has 2 aromatic carbocycles. The minimum Gasteiger partial charge on any atom is -0.308 e. The van der Waals surface area contributed by atoms with E-state index in [1.807, 2.05) is 0 Å². The third-order valence-electron chi connectivity index (χ3n) is 6.07. The summed E-state index contributed by atoms with van der Waals surface area (Å²) >= 11 is 0. The van der Waals surface area contributed by atoms with E-state index in [0.29, 0.717) is 36.3 Å². The van der Waals surface area contributed by atoms with Gasteiger partial charge in [-0.2, -0.15) is 9.57 Å². The lowest BCUT2D eigenvalue weighted by molar-refractivity contribution is 0.309. The van der Waals surface area contributed by atoms with Gasteiger partial charge in [-0.1, -0.05) is 23.4 Å². The molecule has 1 saturated heterocycles. The van der Waals surface area contributed by atoms with Gasteiger partial charge in [0.2, 0.25) is 10.0 Å². The Hall–Kier alpha value is -3.95. The number of halogens is 1. The van der Waals surface area contributed by atoms with E-state index in [0.717, 1.165) is 12.1 Å². The number of hydrogen-bond acceptors (Lipinski definition) is 7. The van der Waals surface area contributed by atoms with Crippen LogP contribution < -0.4 is 5.56 Å². The Kier molecular flexibility index (Phi) is 5.88. The topological polar surface area (TPSA) is 138 Å². The first-order chi connectivity index (χ1) is 16.9. The second kappa shape index (κ2) is 9.01. The van der Waals surface area contributed by atoms with Crippen LogP contribution in [0.5, 0.6) is 0 Å². The fraction of sp³-hybridized carbons (Fsp3) is 0.261. The second-order valence-corrected chi connectivity index (χ2v) is 10.2. The van der Waals surface area contributed by atoms with Gasteiger partial charge in [0.25, 0.3) is 5.56 Å². The molecule has 0 unspecified atom stereocenters. The van der Waals surface area contributed by atoms with Crippen LogP contribution in [-0.4, -0.2) is 50.8 Å². The molecule has 1 N–H and O–H groups in total. The van der Waals surface area contributed by atoms with Crippen molar-refractivity contribution in [3.63, 3.8) is 0 Å². The van der Waals surface area contributed by atoms with Crippen LogP contribution in [0.1, 0.15) is 35.7 Å².